The van der Waals surface area contributed by atoms with Gasteiger partial charge in [0.05, 0.1) is 36.1 Å². The van der Waals surface area contributed by atoms with Crippen molar-refractivity contribution in [3.63, 3.8) is 0 Å². The number of rotatable bonds is 15. The first kappa shape index (κ1) is 38.3. The van der Waals surface area contributed by atoms with Crippen LogP contribution in [0.5, 0.6) is 0 Å². The highest BCUT2D eigenvalue weighted by Crippen LogP contribution is 2.29. The maximum absolute atomic E-state index is 14.3. The lowest BCUT2D eigenvalue weighted by Crippen LogP contribution is -2.59. The zero-order valence-electron chi connectivity index (χ0n) is 29.0. The number of carbonyl (C=O) groups is 3. The molecule has 4 amide bonds. The highest BCUT2D eigenvalue weighted by molar-refractivity contribution is 7.91. The van der Waals surface area contributed by atoms with E-state index in [1.807, 2.05) is 44.2 Å². The van der Waals surface area contributed by atoms with Crippen LogP contribution in [-0.4, -0.2) is 118 Å². The molecule has 0 unspecified atom stereocenters. The quantitative estimate of drug-likeness (QED) is 0.187. The van der Waals surface area contributed by atoms with Crippen molar-refractivity contribution in [3.05, 3.63) is 54.1 Å². The summed E-state index contributed by atoms with van der Waals surface area (Å²) < 4.78 is 23.9. The van der Waals surface area contributed by atoms with Gasteiger partial charge in [0.25, 0.3) is 0 Å². The third-order valence-electron chi connectivity index (χ3n) is 9.95. The summed E-state index contributed by atoms with van der Waals surface area (Å²) in [7, 11) is -1.70. The summed E-state index contributed by atoms with van der Waals surface area (Å²) in [5, 5.41) is 27.8. The van der Waals surface area contributed by atoms with Crippen LogP contribution in [0.3, 0.4) is 0 Å². The van der Waals surface area contributed by atoms with E-state index >= 15 is 0 Å². The SMILES string of the molecule is CC(C)[C@@H](O)C[C@H](O)[C@H](CC1CCCCC1)NC(=O)[C@H](Cc1cnc[nH]1)N(C)C(=O)[C@H](Cc1ccccc1)NC(=O)N1CCS(=O)(=O)CC1. The standard InChI is InChI=1S/C35H54N6O7S/c1-24(2)31(42)21-32(43)28(18-25-10-6-4-7-11-25)38-33(44)30(20-27-22-36-23-37-27)40(3)34(45)29(19-26-12-8-5-9-13-26)39-35(46)41-14-16-49(47,48)17-15-41/h5,8-9,12-13,22-25,28-32,42-43H,4,6-7,10-11,14-21H2,1-3H3,(H,36,37)(H,38,44)(H,39,46)/t28-,29-,30-,31-,32-/m0/s1. The van der Waals surface area contributed by atoms with Crippen molar-refractivity contribution in [2.24, 2.45) is 11.8 Å². The Morgan fingerprint density at radius 3 is 2.29 bits per heavy atom. The van der Waals surface area contributed by atoms with Gasteiger partial charge in [-0.2, -0.15) is 0 Å². The molecular weight excluding hydrogens is 648 g/mol. The smallest absolute Gasteiger partial charge is 0.318 e. The molecule has 1 saturated carbocycles. The Morgan fingerprint density at radius 1 is 1.00 bits per heavy atom. The molecule has 14 heteroatoms. The molecule has 1 aliphatic heterocycles. The Hall–Kier alpha value is -3.49. The number of H-pyrrole nitrogens is 1. The number of likely N-dealkylation sites (N-methyl/N-ethyl adjacent to an activating group) is 1. The van der Waals surface area contributed by atoms with E-state index < -0.39 is 58.0 Å². The Balaban J connectivity index is 1.57. The number of nitrogens with one attached hydrogen (secondary N) is 3. The van der Waals surface area contributed by atoms with Crippen molar-refractivity contribution in [3.8, 4) is 0 Å². The number of urea groups is 1. The van der Waals surface area contributed by atoms with E-state index in [0.29, 0.717) is 18.0 Å². The molecule has 272 valence electrons. The van der Waals surface area contributed by atoms with Gasteiger partial charge in [-0.05, 0) is 23.8 Å². The molecule has 0 bridgehead atoms. The third kappa shape index (κ3) is 11.5. The average molecular weight is 703 g/mol. The minimum absolute atomic E-state index is 0.0251. The highest BCUT2D eigenvalue weighted by Gasteiger charge is 2.37. The van der Waals surface area contributed by atoms with E-state index in [2.05, 4.69) is 20.6 Å². The molecule has 13 nitrogen and oxygen atoms in total. The van der Waals surface area contributed by atoms with Gasteiger partial charge >= 0.3 is 6.03 Å². The number of aliphatic hydroxyl groups excluding tert-OH is 2. The molecule has 0 spiro atoms. The predicted octanol–water partition coefficient (Wildman–Crippen LogP) is 2.05. The minimum Gasteiger partial charge on any atom is -0.393 e. The first-order chi connectivity index (χ1) is 23.3. The van der Waals surface area contributed by atoms with Crippen molar-refractivity contribution in [1.29, 1.82) is 0 Å². The van der Waals surface area contributed by atoms with Crippen LogP contribution >= 0.6 is 0 Å². The van der Waals surface area contributed by atoms with Crippen LogP contribution in [0, 0.1) is 11.8 Å². The Morgan fingerprint density at radius 2 is 1.67 bits per heavy atom. The number of hydrogen-bond donors (Lipinski definition) is 5. The molecule has 2 aromatic rings. The number of aromatic nitrogens is 2. The number of aromatic amines is 1. The fourth-order valence-corrected chi connectivity index (χ4v) is 7.87. The van der Waals surface area contributed by atoms with Crippen molar-refractivity contribution in [2.75, 3.05) is 31.6 Å². The summed E-state index contributed by atoms with van der Waals surface area (Å²) in [5.74, 6) is -0.996. The van der Waals surface area contributed by atoms with Crippen LogP contribution < -0.4 is 10.6 Å². The van der Waals surface area contributed by atoms with Crippen LogP contribution in [0.1, 0.15) is 70.1 Å². The number of amides is 4. The van der Waals surface area contributed by atoms with Crippen LogP contribution in [0.2, 0.25) is 0 Å². The maximum atomic E-state index is 14.3. The Kier molecular flexibility index (Phi) is 14.0. The van der Waals surface area contributed by atoms with Crippen molar-refractivity contribution < 1.29 is 33.0 Å². The molecule has 1 aromatic heterocycles. The van der Waals surface area contributed by atoms with Crippen molar-refractivity contribution >= 4 is 27.7 Å². The van der Waals surface area contributed by atoms with E-state index in [1.165, 1.54) is 29.6 Å². The molecule has 5 N–H and O–H groups in total. The van der Waals surface area contributed by atoms with Gasteiger partial charge in [0.2, 0.25) is 11.8 Å². The monoisotopic (exact) mass is 702 g/mol. The lowest BCUT2D eigenvalue weighted by molar-refractivity contribution is -0.141. The molecule has 1 aromatic carbocycles. The number of hydrogen-bond acceptors (Lipinski definition) is 8. The lowest BCUT2D eigenvalue weighted by Gasteiger charge is -2.35. The van der Waals surface area contributed by atoms with Crippen LogP contribution in [0.25, 0.3) is 0 Å². The van der Waals surface area contributed by atoms with Gasteiger partial charge in [-0.3, -0.25) is 9.59 Å². The molecule has 4 rings (SSSR count). The molecule has 5 atom stereocenters. The third-order valence-corrected chi connectivity index (χ3v) is 11.6. The number of nitrogens with zero attached hydrogens (tertiary/aromatic N) is 3. The van der Waals surface area contributed by atoms with Gasteiger partial charge in [-0.1, -0.05) is 76.3 Å². The fourth-order valence-electron chi connectivity index (χ4n) is 6.67. The second-order valence-electron chi connectivity index (χ2n) is 14.0. The molecule has 0 radical (unpaired) electrons. The van der Waals surface area contributed by atoms with E-state index in [-0.39, 0.29) is 49.8 Å². The van der Waals surface area contributed by atoms with Crippen LogP contribution in [-0.2, 0) is 32.3 Å². The topological polar surface area (TPSA) is 185 Å². The number of imidazole rings is 1. The Bertz CT molecular complexity index is 1440. The van der Waals surface area contributed by atoms with Gasteiger partial charge in [-0.25, -0.2) is 18.2 Å². The van der Waals surface area contributed by atoms with Crippen molar-refractivity contribution in [1.82, 2.24) is 30.4 Å². The molecule has 2 heterocycles. The second-order valence-corrected chi connectivity index (χ2v) is 16.3. The molecule has 2 aliphatic rings. The number of carbonyl (C=O) groups excluding carboxylic acids is 3. The summed E-state index contributed by atoms with van der Waals surface area (Å²) in [6.07, 6.45) is 7.63. The number of benzene rings is 1. The molecule has 2 fully saturated rings. The van der Waals surface area contributed by atoms with Gasteiger partial charge in [0.1, 0.15) is 12.1 Å². The van der Waals surface area contributed by atoms with Gasteiger partial charge in [-0.15, -0.1) is 0 Å². The zero-order valence-corrected chi connectivity index (χ0v) is 29.8. The van der Waals surface area contributed by atoms with Crippen LogP contribution in [0.4, 0.5) is 4.79 Å². The minimum atomic E-state index is -3.22. The normalized spacial score (nSPS) is 19.8. The van der Waals surface area contributed by atoms with Crippen molar-refractivity contribution in [2.45, 2.75) is 102 Å². The highest BCUT2D eigenvalue weighted by atomic mass is 32.2. The van der Waals surface area contributed by atoms with E-state index in [4.69, 9.17) is 0 Å². The first-order valence-corrected chi connectivity index (χ1v) is 19.3. The summed E-state index contributed by atoms with van der Waals surface area (Å²) in [6, 6.07) is 5.94. The summed E-state index contributed by atoms with van der Waals surface area (Å²) in [5.41, 5.74) is 1.42. The molecule has 49 heavy (non-hydrogen) atoms. The maximum Gasteiger partial charge on any atom is 0.318 e. The largest absolute Gasteiger partial charge is 0.393 e. The lowest BCUT2D eigenvalue weighted by atomic mass is 9.82. The van der Waals surface area contributed by atoms with Crippen LogP contribution in [0.15, 0.2) is 42.9 Å². The first-order valence-electron chi connectivity index (χ1n) is 17.5. The van der Waals surface area contributed by atoms with E-state index in [1.54, 1.807) is 6.20 Å². The average Bonchev–Trinajstić information content (AvgIpc) is 3.60. The molecule has 1 saturated heterocycles. The number of aliphatic hydroxyl groups is 2. The summed E-state index contributed by atoms with van der Waals surface area (Å²) in [6.45, 7) is 3.81. The second kappa shape index (κ2) is 18.0. The Labute approximate surface area is 290 Å². The number of sulfone groups is 1. The predicted molar refractivity (Wildman–Crippen MR) is 186 cm³/mol. The van der Waals surface area contributed by atoms with E-state index in [0.717, 1.165) is 31.2 Å². The fraction of sp³-hybridized carbons (Fsp3) is 0.657. The zero-order chi connectivity index (χ0) is 35.6. The van der Waals surface area contributed by atoms with Gasteiger partial charge < -0.3 is 35.6 Å². The van der Waals surface area contributed by atoms with E-state index in [9.17, 15) is 33.0 Å². The summed E-state index contributed by atoms with van der Waals surface area (Å²) in [4.78, 5) is 51.7. The summed E-state index contributed by atoms with van der Waals surface area (Å²) >= 11 is 0. The van der Waals surface area contributed by atoms with Gasteiger partial charge in [0.15, 0.2) is 9.84 Å². The molecular formula is C35H54N6O7S. The van der Waals surface area contributed by atoms with Gasteiger partial charge in [0, 0.05) is 51.3 Å². The molecule has 1 aliphatic carbocycles.